The summed E-state index contributed by atoms with van der Waals surface area (Å²) in [4.78, 5) is 25.0. The Morgan fingerprint density at radius 3 is 2.70 bits per heavy atom. The van der Waals surface area contributed by atoms with E-state index in [1.807, 2.05) is 18.2 Å². The van der Waals surface area contributed by atoms with Gasteiger partial charge in [-0.2, -0.15) is 0 Å². The zero-order chi connectivity index (χ0) is 19.1. The van der Waals surface area contributed by atoms with E-state index in [1.165, 1.54) is 6.07 Å². The van der Waals surface area contributed by atoms with Gasteiger partial charge in [0.25, 0.3) is 5.91 Å². The fourth-order valence-corrected chi connectivity index (χ4v) is 2.57. The molecule has 27 heavy (non-hydrogen) atoms. The molecule has 138 valence electrons. The minimum Gasteiger partial charge on any atom is -0.370 e. The summed E-state index contributed by atoms with van der Waals surface area (Å²) in [6, 6.07) is 13.8. The van der Waals surface area contributed by atoms with Crippen molar-refractivity contribution in [1.82, 2.24) is 20.3 Å². The molecular weight excluding hydrogens is 345 g/mol. The number of halogens is 1. The van der Waals surface area contributed by atoms with Gasteiger partial charge >= 0.3 is 0 Å². The number of hydrogen-bond donors (Lipinski definition) is 2. The number of aryl methyl sites for hydroxylation is 1. The summed E-state index contributed by atoms with van der Waals surface area (Å²) < 4.78 is 13.7. The van der Waals surface area contributed by atoms with Gasteiger partial charge in [0.1, 0.15) is 23.2 Å². The van der Waals surface area contributed by atoms with E-state index in [9.17, 15) is 9.18 Å². The molecular formula is C20H20FN5O. The first-order valence-electron chi connectivity index (χ1n) is 8.63. The fourth-order valence-electron chi connectivity index (χ4n) is 2.57. The van der Waals surface area contributed by atoms with Crippen LogP contribution in [0.1, 0.15) is 27.6 Å². The van der Waals surface area contributed by atoms with Crippen LogP contribution in [-0.4, -0.2) is 27.4 Å². The lowest BCUT2D eigenvalue weighted by Crippen LogP contribution is -2.25. The van der Waals surface area contributed by atoms with Crippen molar-refractivity contribution in [1.29, 1.82) is 0 Å². The van der Waals surface area contributed by atoms with Gasteiger partial charge in [-0.1, -0.05) is 24.3 Å². The first-order chi connectivity index (χ1) is 13.1. The van der Waals surface area contributed by atoms with Crippen LogP contribution in [0.3, 0.4) is 0 Å². The predicted octanol–water partition coefficient (Wildman–Crippen LogP) is 2.90. The topological polar surface area (TPSA) is 79.8 Å². The summed E-state index contributed by atoms with van der Waals surface area (Å²) in [5, 5.41) is 5.91. The van der Waals surface area contributed by atoms with Gasteiger partial charge in [0.2, 0.25) is 0 Å². The molecule has 0 spiro atoms. The zero-order valence-electron chi connectivity index (χ0n) is 14.9. The largest absolute Gasteiger partial charge is 0.370 e. The van der Waals surface area contributed by atoms with Gasteiger partial charge < -0.3 is 10.6 Å². The summed E-state index contributed by atoms with van der Waals surface area (Å²) in [5.41, 5.74) is 1.66. The third kappa shape index (κ3) is 5.31. The van der Waals surface area contributed by atoms with Crippen molar-refractivity contribution in [3.63, 3.8) is 0 Å². The Morgan fingerprint density at radius 2 is 1.93 bits per heavy atom. The second-order valence-electron chi connectivity index (χ2n) is 5.96. The second kappa shape index (κ2) is 8.84. The van der Waals surface area contributed by atoms with Gasteiger partial charge in [0, 0.05) is 18.8 Å². The third-order valence-corrected chi connectivity index (χ3v) is 3.89. The molecule has 0 saturated carbocycles. The van der Waals surface area contributed by atoms with Crippen LogP contribution in [0.25, 0.3) is 0 Å². The zero-order valence-corrected chi connectivity index (χ0v) is 14.9. The third-order valence-electron chi connectivity index (χ3n) is 3.89. The van der Waals surface area contributed by atoms with Crippen LogP contribution >= 0.6 is 0 Å². The van der Waals surface area contributed by atoms with E-state index < -0.39 is 0 Å². The number of aromatic nitrogens is 3. The van der Waals surface area contributed by atoms with Crippen LogP contribution in [0.15, 0.2) is 54.7 Å². The summed E-state index contributed by atoms with van der Waals surface area (Å²) in [7, 11) is 0. The number of carbonyl (C=O) groups excluding carboxylic acids is 1. The molecule has 1 amide bonds. The molecule has 0 bridgehead atoms. The number of carbonyl (C=O) groups is 1. The molecule has 0 radical (unpaired) electrons. The summed E-state index contributed by atoms with van der Waals surface area (Å²) >= 11 is 0. The number of amides is 1. The van der Waals surface area contributed by atoms with Crippen LogP contribution in [0.2, 0.25) is 0 Å². The highest BCUT2D eigenvalue weighted by molar-refractivity contribution is 5.92. The standard InChI is InChI=1S/C20H20FN5O/c1-14-25-18(20(27)24-13-16-7-4-5-10-22-16)12-19(26-14)23-11-9-15-6-2-3-8-17(15)21/h2-8,10,12H,9,11,13H2,1H3,(H,24,27)(H,23,25,26). The molecule has 6 nitrogen and oxygen atoms in total. The van der Waals surface area contributed by atoms with Crippen molar-refractivity contribution in [2.45, 2.75) is 19.9 Å². The molecule has 0 aliphatic heterocycles. The minimum atomic E-state index is -0.302. The molecule has 0 aliphatic carbocycles. The van der Waals surface area contributed by atoms with E-state index in [0.29, 0.717) is 36.7 Å². The first kappa shape index (κ1) is 18.4. The molecule has 2 heterocycles. The quantitative estimate of drug-likeness (QED) is 0.673. The van der Waals surface area contributed by atoms with E-state index in [1.54, 1.807) is 37.4 Å². The molecule has 0 aliphatic rings. The molecule has 7 heteroatoms. The normalized spacial score (nSPS) is 10.4. The average molecular weight is 365 g/mol. The summed E-state index contributed by atoms with van der Waals surface area (Å²) in [6.07, 6.45) is 2.19. The van der Waals surface area contributed by atoms with Gasteiger partial charge in [-0.15, -0.1) is 0 Å². The van der Waals surface area contributed by atoms with Gasteiger partial charge in [-0.3, -0.25) is 9.78 Å². The highest BCUT2D eigenvalue weighted by atomic mass is 19.1. The maximum absolute atomic E-state index is 13.7. The Hall–Kier alpha value is -3.35. The van der Waals surface area contributed by atoms with Gasteiger partial charge in [0.15, 0.2) is 0 Å². The Labute approximate surface area is 156 Å². The monoisotopic (exact) mass is 365 g/mol. The van der Waals surface area contributed by atoms with Crippen LogP contribution in [-0.2, 0) is 13.0 Å². The molecule has 2 aromatic heterocycles. The lowest BCUT2D eigenvalue weighted by molar-refractivity contribution is 0.0945. The van der Waals surface area contributed by atoms with E-state index in [0.717, 1.165) is 5.69 Å². The highest BCUT2D eigenvalue weighted by Crippen LogP contribution is 2.10. The molecule has 0 fully saturated rings. The number of benzene rings is 1. The number of hydrogen-bond acceptors (Lipinski definition) is 5. The smallest absolute Gasteiger partial charge is 0.270 e. The lowest BCUT2D eigenvalue weighted by atomic mass is 10.1. The van der Waals surface area contributed by atoms with Crippen molar-refractivity contribution in [3.05, 3.63) is 83.3 Å². The van der Waals surface area contributed by atoms with E-state index in [-0.39, 0.29) is 17.4 Å². The van der Waals surface area contributed by atoms with Crippen molar-refractivity contribution < 1.29 is 9.18 Å². The molecule has 0 saturated heterocycles. The Morgan fingerprint density at radius 1 is 1.11 bits per heavy atom. The number of anilines is 1. The van der Waals surface area contributed by atoms with Gasteiger partial charge in [-0.25, -0.2) is 14.4 Å². The Kier molecular flexibility index (Phi) is 6.04. The Balaban J connectivity index is 1.60. The number of pyridine rings is 1. The van der Waals surface area contributed by atoms with Crippen LogP contribution < -0.4 is 10.6 Å². The van der Waals surface area contributed by atoms with Crippen LogP contribution in [0, 0.1) is 12.7 Å². The van der Waals surface area contributed by atoms with Crippen molar-refractivity contribution in [2.75, 3.05) is 11.9 Å². The second-order valence-corrected chi connectivity index (χ2v) is 5.96. The molecule has 1 aromatic carbocycles. The van der Waals surface area contributed by atoms with Crippen molar-refractivity contribution in [2.24, 2.45) is 0 Å². The summed E-state index contributed by atoms with van der Waals surface area (Å²) in [6.45, 7) is 2.53. The highest BCUT2D eigenvalue weighted by Gasteiger charge is 2.11. The van der Waals surface area contributed by atoms with Crippen molar-refractivity contribution in [3.8, 4) is 0 Å². The van der Waals surface area contributed by atoms with Gasteiger partial charge in [-0.05, 0) is 37.1 Å². The van der Waals surface area contributed by atoms with E-state index in [2.05, 4.69) is 25.6 Å². The molecule has 2 N–H and O–H groups in total. The van der Waals surface area contributed by atoms with Crippen LogP contribution in [0.4, 0.5) is 10.2 Å². The average Bonchev–Trinajstić information content (AvgIpc) is 2.68. The molecule has 0 atom stereocenters. The predicted molar refractivity (Wildman–Crippen MR) is 101 cm³/mol. The maximum Gasteiger partial charge on any atom is 0.270 e. The molecule has 0 unspecified atom stereocenters. The number of nitrogens with one attached hydrogen (secondary N) is 2. The van der Waals surface area contributed by atoms with E-state index in [4.69, 9.17) is 0 Å². The first-order valence-corrected chi connectivity index (χ1v) is 8.63. The minimum absolute atomic E-state index is 0.229. The van der Waals surface area contributed by atoms with Crippen molar-refractivity contribution >= 4 is 11.7 Å². The van der Waals surface area contributed by atoms with Crippen LogP contribution in [0.5, 0.6) is 0 Å². The fraction of sp³-hybridized carbons (Fsp3) is 0.200. The Bertz CT molecular complexity index is 917. The van der Waals surface area contributed by atoms with Gasteiger partial charge in [0.05, 0.1) is 12.2 Å². The molecule has 3 rings (SSSR count). The molecule has 3 aromatic rings. The number of nitrogens with zero attached hydrogens (tertiary/aromatic N) is 3. The maximum atomic E-state index is 13.7. The lowest BCUT2D eigenvalue weighted by Gasteiger charge is -2.09. The van der Waals surface area contributed by atoms with E-state index >= 15 is 0 Å². The number of rotatable bonds is 7. The summed E-state index contributed by atoms with van der Waals surface area (Å²) in [5.74, 6) is 0.478. The SMILES string of the molecule is Cc1nc(NCCc2ccccc2F)cc(C(=O)NCc2ccccn2)n1.